The number of carbonyl (C=O) groups excluding carboxylic acids is 3. The van der Waals surface area contributed by atoms with Gasteiger partial charge in [-0.3, -0.25) is 14.5 Å². The van der Waals surface area contributed by atoms with Crippen LogP contribution >= 0.6 is 0 Å². The molecule has 2 N–H and O–H groups in total. The number of halogens is 3. The third kappa shape index (κ3) is 8.74. The molecule has 1 atom stereocenters. The van der Waals surface area contributed by atoms with Crippen LogP contribution in [0.25, 0.3) is 5.69 Å². The third-order valence-electron chi connectivity index (χ3n) is 6.81. The molecule has 0 radical (unpaired) electrons. The Bertz CT molecular complexity index is 1650. The van der Waals surface area contributed by atoms with Gasteiger partial charge in [0.1, 0.15) is 17.5 Å². The van der Waals surface area contributed by atoms with E-state index in [9.17, 15) is 27.6 Å². The van der Waals surface area contributed by atoms with E-state index in [1.54, 1.807) is 17.8 Å². The lowest BCUT2D eigenvalue weighted by molar-refractivity contribution is -0.137. The number of alkyl carbamates (subject to hydrolysis) is 1. The van der Waals surface area contributed by atoms with E-state index in [1.807, 2.05) is 81.4 Å². The minimum atomic E-state index is -4.56. The first-order valence-electron chi connectivity index (χ1n) is 14.7. The molecule has 1 unspecified atom stereocenters. The highest BCUT2D eigenvalue weighted by molar-refractivity contribution is 6.04. The smallest absolute Gasteiger partial charge is 0.416 e. The standard InChI is InChI=1S/C22H19F3N4O2.C12H17NO2/c1-2-28-20-15(13-26-29(20)17-9-4-3-5-10-17)12-18(21(28)31)27-19(30)14-7-6-8-16(11-14)22(23,24)25;1-12(2,3)15-11(14)13-9-10-7-5-4-6-8-10/h3-11,13,18H,2,12H2,1H3,(H,27,30);4-8H,9H2,1-3H3,(H,13,14). The average Bonchev–Trinajstić information content (AvgIpc) is 3.44. The van der Waals surface area contributed by atoms with Gasteiger partial charge in [-0.2, -0.15) is 18.3 Å². The first-order valence-corrected chi connectivity index (χ1v) is 14.7. The summed E-state index contributed by atoms with van der Waals surface area (Å²) < 4.78 is 45.6. The van der Waals surface area contributed by atoms with Crippen LogP contribution in [0.5, 0.6) is 0 Å². The monoisotopic (exact) mass is 635 g/mol. The van der Waals surface area contributed by atoms with E-state index in [0.717, 1.165) is 28.9 Å². The molecule has 4 aromatic rings. The number of fused-ring (bicyclic) bond motifs is 1. The van der Waals surface area contributed by atoms with Gasteiger partial charge in [0, 0.05) is 30.6 Å². The molecule has 46 heavy (non-hydrogen) atoms. The molecular formula is C34H36F3N5O4. The van der Waals surface area contributed by atoms with Crippen LogP contribution in [0.4, 0.5) is 23.8 Å². The van der Waals surface area contributed by atoms with E-state index in [4.69, 9.17) is 4.74 Å². The van der Waals surface area contributed by atoms with Crippen molar-refractivity contribution in [2.45, 2.75) is 58.5 Å². The molecule has 0 bridgehead atoms. The number of likely N-dealkylation sites (N-methyl/N-ethyl adjacent to an activating group) is 1. The van der Waals surface area contributed by atoms with Crippen molar-refractivity contribution >= 4 is 23.7 Å². The second-order valence-corrected chi connectivity index (χ2v) is 11.5. The number of aromatic nitrogens is 2. The number of benzene rings is 3. The van der Waals surface area contributed by atoms with E-state index >= 15 is 0 Å². The fourth-order valence-corrected chi connectivity index (χ4v) is 4.75. The van der Waals surface area contributed by atoms with Gasteiger partial charge in [-0.25, -0.2) is 9.48 Å². The summed E-state index contributed by atoms with van der Waals surface area (Å²) in [6, 6.07) is 22.3. The fraction of sp³-hybridized carbons (Fsp3) is 0.294. The lowest BCUT2D eigenvalue weighted by atomic mass is 10.0. The van der Waals surface area contributed by atoms with Gasteiger partial charge in [-0.05, 0) is 63.6 Å². The van der Waals surface area contributed by atoms with Gasteiger partial charge < -0.3 is 15.4 Å². The van der Waals surface area contributed by atoms with Crippen LogP contribution in [-0.4, -0.2) is 45.9 Å². The normalized spacial score (nSPS) is 14.5. The number of anilines is 1. The highest BCUT2D eigenvalue weighted by atomic mass is 19.4. The largest absolute Gasteiger partial charge is 0.444 e. The molecule has 2 heterocycles. The van der Waals surface area contributed by atoms with Gasteiger partial charge in [-0.1, -0.05) is 54.6 Å². The van der Waals surface area contributed by atoms with Crippen molar-refractivity contribution < 1.29 is 32.3 Å². The average molecular weight is 636 g/mol. The second-order valence-electron chi connectivity index (χ2n) is 11.5. The summed E-state index contributed by atoms with van der Waals surface area (Å²) in [6.45, 7) is 8.18. The van der Waals surface area contributed by atoms with E-state index < -0.39 is 29.3 Å². The lowest BCUT2D eigenvalue weighted by Crippen LogP contribution is -2.53. The molecule has 9 nitrogen and oxygen atoms in total. The zero-order chi connectivity index (χ0) is 33.5. The topological polar surface area (TPSA) is 106 Å². The first kappa shape index (κ1) is 33.8. The van der Waals surface area contributed by atoms with Gasteiger partial charge in [-0.15, -0.1) is 0 Å². The molecule has 0 spiro atoms. The van der Waals surface area contributed by atoms with E-state index in [2.05, 4.69) is 15.7 Å². The summed E-state index contributed by atoms with van der Waals surface area (Å²) in [5.41, 5.74) is 1.10. The lowest BCUT2D eigenvalue weighted by Gasteiger charge is -2.32. The molecule has 0 fully saturated rings. The predicted molar refractivity (Wildman–Crippen MR) is 168 cm³/mol. The van der Waals surface area contributed by atoms with E-state index in [0.29, 0.717) is 18.9 Å². The highest BCUT2D eigenvalue weighted by Gasteiger charge is 2.37. The summed E-state index contributed by atoms with van der Waals surface area (Å²) in [5.74, 6) is -0.448. The molecular weight excluding hydrogens is 599 g/mol. The molecule has 5 rings (SSSR count). The van der Waals surface area contributed by atoms with E-state index in [1.165, 1.54) is 17.0 Å². The summed E-state index contributed by atoms with van der Waals surface area (Å²) in [5, 5.41) is 9.67. The molecule has 0 aliphatic carbocycles. The van der Waals surface area contributed by atoms with Gasteiger partial charge in [0.15, 0.2) is 0 Å². The maximum absolute atomic E-state index is 13.1. The minimum Gasteiger partial charge on any atom is -0.444 e. The van der Waals surface area contributed by atoms with Crippen LogP contribution in [0, 0.1) is 0 Å². The Labute approximate surface area is 265 Å². The molecule has 12 heteroatoms. The molecule has 242 valence electrons. The van der Waals surface area contributed by atoms with Gasteiger partial charge in [0.05, 0.1) is 17.4 Å². The summed E-state index contributed by atoms with van der Waals surface area (Å²) >= 11 is 0. The highest BCUT2D eigenvalue weighted by Crippen LogP contribution is 2.31. The van der Waals surface area contributed by atoms with Crippen molar-refractivity contribution in [1.29, 1.82) is 0 Å². The Kier molecular flexibility index (Phi) is 10.5. The Hall–Kier alpha value is -5.13. The Balaban J connectivity index is 0.000000270. The summed E-state index contributed by atoms with van der Waals surface area (Å²) in [7, 11) is 0. The number of rotatable bonds is 6. The van der Waals surface area contributed by atoms with Gasteiger partial charge in [0.25, 0.3) is 11.8 Å². The number of carbonyl (C=O) groups is 3. The molecule has 1 aromatic heterocycles. The SMILES string of the molecule is CC(C)(C)OC(=O)NCc1ccccc1.CCN1C(=O)C(NC(=O)c2cccc(C(F)(F)F)c2)Cc2cnn(-c3ccccc3)c21. The van der Waals surface area contributed by atoms with Crippen LogP contribution in [-0.2, 0) is 28.7 Å². The van der Waals surface area contributed by atoms with Crippen molar-refractivity contribution in [3.8, 4) is 5.69 Å². The molecule has 1 aliphatic rings. The zero-order valence-corrected chi connectivity index (χ0v) is 26.0. The van der Waals surface area contributed by atoms with Crippen molar-refractivity contribution in [3.63, 3.8) is 0 Å². The number of nitrogens with zero attached hydrogens (tertiary/aromatic N) is 3. The number of ether oxygens (including phenoxy) is 1. The summed E-state index contributed by atoms with van der Waals surface area (Å²) in [4.78, 5) is 38.5. The minimum absolute atomic E-state index is 0.156. The van der Waals surface area contributed by atoms with Gasteiger partial charge >= 0.3 is 12.3 Å². The van der Waals surface area contributed by atoms with Crippen LogP contribution in [0.2, 0.25) is 0 Å². The number of alkyl halides is 3. The maximum atomic E-state index is 13.1. The van der Waals surface area contributed by atoms with Crippen LogP contribution in [0.3, 0.4) is 0 Å². The molecule has 0 saturated carbocycles. The van der Waals surface area contributed by atoms with Crippen molar-refractivity contribution in [3.05, 3.63) is 113 Å². The fourth-order valence-electron chi connectivity index (χ4n) is 4.75. The van der Waals surface area contributed by atoms with Gasteiger partial charge in [0.2, 0.25) is 0 Å². The molecule has 1 aliphatic heterocycles. The zero-order valence-electron chi connectivity index (χ0n) is 26.0. The Morgan fingerprint density at radius 3 is 2.22 bits per heavy atom. The number of hydrogen-bond donors (Lipinski definition) is 2. The molecule has 0 saturated heterocycles. The number of hydrogen-bond acceptors (Lipinski definition) is 5. The maximum Gasteiger partial charge on any atom is 0.416 e. The number of nitrogens with one attached hydrogen (secondary N) is 2. The predicted octanol–water partition coefficient (Wildman–Crippen LogP) is 6.31. The number of para-hydroxylation sites is 1. The summed E-state index contributed by atoms with van der Waals surface area (Å²) in [6.07, 6.45) is -3.11. The number of amides is 3. The van der Waals surface area contributed by atoms with Crippen LogP contribution in [0.15, 0.2) is 91.1 Å². The second kappa shape index (κ2) is 14.3. The quantitative estimate of drug-likeness (QED) is 0.258. The third-order valence-corrected chi connectivity index (χ3v) is 6.81. The van der Waals surface area contributed by atoms with Crippen LogP contribution in [0.1, 0.15) is 54.7 Å². The van der Waals surface area contributed by atoms with Crippen molar-refractivity contribution in [1.82, 2.24) is 20.4 Å². The van der Waals surface area contributed by atoms with E-state index in [-0.39, 0.29) is 24.0 Å². The Morgan fingerprint density at radius 1 is 0.957 bits per heavy atom. The first-order chi connectivity index (χ1) is 21.8. The van der Waals surface area contributed by atoms with Crippen LogP contribution < -0.4 is 15.5 Å². The molecule has 3 aromatic carbocycles. The van der Waals surface area contributed by atoms with Crippen molar-refractivity contribution in [2.75, 3.05) is 11.4 Å². The Morgan fingerprint density at radius 2 is 1.61 bits per heavy atom. The van der Waals surface area contributed by atoms with Crippen molar-refractivity contribution in [2.24, 2.45) is 0 Å². The molecule has 3 amide bonds.